The summed E-state index contributed by atoms with van der Waals surface area (Å²) in [5.41, 5.74) is 7.65. The Bertz CT molecular complexity index is 411. The summed E-state index contributed by atoms with van der Waals surface area (Å²) in [6.07, 6.45) is 5.73. The zero-order valence-electron chi connectivity index (χ0n) is 11.1. The Hall–Kier alpha value is -1.35. The second-order valence-corrected chi connectivity index (χ2v) is 5.11. The molecule has 98 valence electrons. The van der Waals surface area contributed by atoms with Crippen LogP contribution < -0.4 is 10.6 Å². The lowest BCUT2D eigenvalue weighted by atomic mass is 9.88. The molecule has 1 fully saturated rings. The van der Waals surface area contributed by atoms with Gasteiger partial charge in [0.1, 0.15) is 0 Å². The predicted molar refractivity (Wildman–Crippen MR) is 74.3 cm³/mol. The van der Waals surface area contributed by atoms with Gasteiger partial charge in [-0.1, -0.05) is 31.4 Å². The van der Waals surface area contributed by atoms with Crippen molar-refractivity contribution in [3.05, 3.63) is 29.8 Å². The highest BCUT2D eigenvalue weighted by Crippen LogP contribution is 2.27. The van der Waals surface area contributed by atoms with E-state index in [1.807, 2.05) is 31.3 Å². The van der Waals surface area contributed by atoms with E-state index in [1.165, 1.54) is 19.3 Å². The van der Waals surface area contributed by atoms with E-state index in [9.17, 15) is 4.79 Å². The van der Waals surface area contributed by atoms with E-state index < -0.39 is 0 Å². The standard InChI is InChI=1S/C15H22N2O/c1-17(14-9-5-6-12(10-14)11-16)15(18)13-7-3-2-4-8-13/h5-6,9-10,13H,2-4,7-8,11,16H2,1H3. The van der Waals surface area contributed by atoms with Gasteiger partial charge in [-0.05, 0) is 30.5 Å². The molecule has 1 aromatic rings. The average molecular weight is 246 g/mol. The lowest BCUT2D eigenvalue weighted by Crippen LogP contribution is -2.34. The van der Waals surface area contributed by atoms with E-state index in [2.05, 4.69) is 0 Å². The molecule has 0 unspecified atom stereocenters. The number of anilines is 1. The van der Waals surface area contributed by atoms with Gasteiger partial charge in [-0.15, -0.1) is 0 Å². The Labute approximate surface area is 109 Å². The van der Waals surface area contributed by atoms with Crippen LogP contribution in [0.3, 0.4) is 0 Å². The first-order chi connectivity index (χ1) is 8.72. The topological polar surface area (TPSA) is 46.3 Å². The van der Waals surface area contributed by atoms with Crippen molar-refractivity contribution in [1.29, 1.82) is 0 Å². The van der Waals surface area contributed by atoms with Gasteiger partial charge < -0.3 is 10.6 Å². The summed E-state index contributed by atoms with van der Waals surface area (Å²) in [6, 6.07) is 7.92. The van der Waals surface area contributed by atoms with Gasteiger partial charge in [0.25, 0.3) is 0 Å². The molecule has 2 N–H and O–H groups in total. The molecule has 1 aromatic carbocycles. The molecule has 1 amide bonds. The second kappa shape index (κ2) is 6.01. The number of hydrogen-bond acceptors (Lipinski definition) is 2. The summed E-state index contributed by atoms with van der Waals surface area (Å²) in [5.74, 6) is 0.467. The second-order valence-electron chi connectivity index (χ2n) is 5.11. The lowest BCUT2D eigenvalue weighted by molar-refractivity contribution is -0.123. The van der Waals surface area contributed by atoms with Crippen LogP contribution in [0, 0.1) is 5.92 Å². The van der Waals surface area contributed by atoms with Gasteiger partial charge in [0.05, 0.1) is 0 Å². The molecule has 0 radical (unpaired) electrons. The minimum absolute atomic E-state index is 0.213. The average Bonchev–Trinajstić information content (AvgIpc) is 2.46. The molecule has 2 rings (SSSR count). The number of amides is 1. The highest BCUT2D eigenvalue weighted by Gasteiger charge is 2.24. The molecule has 0 bridgehead atoms. The van der Waals surface area contributed by atoms with Gasteiger partial charge in [0.15, 0.2) is 0 Å². The minimum Gasteiger partial charge on any atom is -0.326 e. The Kier molecular flexibility index (Phi) is 4.37. The van der Waals surface area contributed by atoms with Crippen LogP contribution >= 0.6 is 0 Å². The fraction of sp³-hybridized carbons (Fsp3) is 0.533. The van der Waals surface area contributed by atoms with Crippen molar-refractivity contribution in [1.82, 2.24) is 0 Å². The van der Waals surface area contributed by atoms with Gasteiger partial charge in [-0.3, -0.25) is 4.79 Å². The van der Waals surface area contributed by atoms with Crippen molar-refractivity contribution < 1.29 is 4.79 Å². The van der Waals surface area contributed by atoms with Crippen molar-refractivity contribution in [3.8, 4) is 0 Å². The van der Waals surface area contributed by atoms with Gasteiger partial charge in [-0.25, -0.2) is 0 Å². The Morgan fingerprint density at radius 1 is 1.33 bits per heavy atom. The Morgan fingerprint density at radius 3 is 2.72 bits per heavy atom. The first kappa shape index (κ1) is 13.1. The maximum atomic E-state index is 12.4. The summed E-state index contributed by atoms with van der Waals surface area (Å²) in [6.45, 7) is 0.513. The number of carbonyl (C=O) groups excluding carboxylic acids is 1. The third kappa shape index (κ3) is 2.91. The van der Waals surface area contributed by atoms with Crippen molar-refractivity contribution in [2.24, 2.45) is 11.7 Å². The van der Waals surface area contributed by atoms with Crippen LogP contribution in [0.25, 0.3) is 0 Å². The van der Waals surface area contributed by atoms with Gasteiger partial charge in [0, 0.05) is 25.2 Å². The molecule has 3 heteroatoms. The zero-order chi connectivity index (χ0) is 13.0. The SMILES string of the molecule is CN(C(=O)C1CCCCC1)c1cccc(CN)c1. The van der Waals surface area contributed by atoms with Gasteiger partial charge in [0.2, 0.25) is 5.91 Å². The number of benzene rings is 1. The van der Waals surface area contributed by atoms with Crippen molar-refractivity contribution in [2.75, 3.05) is 11.9 Å². The molecular formula is C15H22N2O. The molecule has 0 aliphatic heterocycles. The highest BCUT2D eigenvalue weighted by molar-refractivity contribution is 5.94. The molecule has 0 heterocycles. The van der Waals surface area contributed by atoms with Crippen LogP contribution in [0.2, 0.25) is 0 Å². The molecule has 18 heavy (non-hydrogen) atoms. The maximum Gasteiger partial charge on any atom is 0.229 e. The Morgan fingerprint density at radius 2 is 2.06 bits per heavy atom. The molecule has 0 spiro atoms. The first-order valence-electron chi connectivity index (χ1n) is 6.79. The summed E-state index contributed by atoms with van der Waals surface area (Å²) in [7, 11) is 1.87. The molecule has 3 nitrogen and oxygen atoms in total. The van der Waals surface area contributed by atoms with E-state index in [-0.39, 0.29) is 11.8 Å². The van der Waals surface area contributed by atoms with Crippen LogP contribution in [0.15, 0.2) is 24.3 Å². The van der Waals surface area contributed by atoms with E-state index in [4.69, 9.17) is 5.73 Å². The largest absolute Gasteiger partial charge is 0.326 e. The quantitative estimate of drug-likeness (QED) is 0.891. The van der Waals surface area contributed by atoms with Gasteiger partial charge >= 0.3 is 0 Å². The summed E-state index contributed by atoms with van der Waals surface area (Å²) < 4.78 is 0. The number of carbonyl (C=O) groups is 1. The fourth-order valence-electron chi connectivity index (χ4n) is 2.64. The summed E-state index contributed by atoms with van der Waals surface area (Å²) >= 11 is 0. The fourth-order valence-corrected chi connectivity index (χ4v) is 2.64. The van der Waals surface area contributed by atoms with E-state index in [0.717, 1.165) is 24.1 Å². The third-order valence-electron chi connectivity index (χ3n) is 3.82. The van der Waals surface area contributed by atoms with E-state index in [1.54, 1.807) is 4.90 Å². The van der Waals surface area contributed by atoms with E-state index in [0.29, 0.717) is 6.54 Å². The van der Waals surface area contributed by atoms with Crippen LogP contribution in [-0.4, -0.2) is 13.0 Å². The summed E-state index contributed by atoms with van der Waals surface area (Å²) in [4.78, 5) is 14.2. The monoisotopic (exact) mass is 246 g/mol. The van der Waals surface area contributed by atoms with Crippen molar-refractivity contribution in [3.63, 3.8) is 0 Å². The van der Waals surface area contributed by atoms with Crippen LogP contribution in [0.1, 0.15) is 37.7 Å². The molecule has 1 aliphatic rings. The molecule has 1 aliphatic carbocycles. The van der Waals surface area contributed by atoms with E-state index >= 15 is 0 Å². The van der Waals surface area contributed by atoms with Crippen LogP contribution in [0.4, 0.5) is 5.69 Å². The highest BCUT2D eigenvalue weighted by atomic mass is 16.2. The molecule has 0 saturated heterocycles. The molecule has 1 saturated carbocycles. The van der Waals surface area contributed by atoms with Crippen LogP contribution in [0.5, 0.6) is 0 Å². The lowest BCUT2D eigenvalue weighted by Gasteiger charge is -2.26. The molecule has 0 aromatic heterocycles. The number of rotatable bonds is 3. The van der Waals surface area contributed by atoms with Crippen LogP contribution in [-0.2, 0) is 11.3 Å². The Balaban J connectivity index is 2.09. The van der Waals surface area contributed by atoms with Gasteiger partial charge in [-0.2, -0.15) is 0 Å². The third-order valence-corrected chi connectivity index (χ3v) is 3.82. The zero-order valence-corrected chi connectivity index (χ0v) is 11.1. The predicted octanol–water partition coefficient (Wildman–Crippen LogP) is 2.69. The first-order valence-corrected chi connectivity index (χ1v) is 6.79. The maximum absolute atomic E-state index is 12.4. The number of hydrogen-bond donors (Lipinski definition) is 1. The molecular weight excluding hydrogens is 224 g/mol. The summed E-state index contributed by atoms with van der Waals surface area (Å²) in [5, 5.41) is 0. The normalized spacial score (nSPS) is 16.6. The van der Waals surface area contributed by atoms with Crippen molar-refractivity contribution >= 4 is 11.6 Å². The smallest absolute Gasteiger partial charge is 0.229 e. The number of nitrogens with zero attached hydrogens (tertiary/aromatic N) is 1. The van der Waals surface area contributed by atoms with Crippen molar-refractivity contribution in [2.45, 2.75) is 38.6 Å². The number of nitrogens with two attached hydrogens (primary N) is 1. The minimum atomic E-state index is 0.213. The molecule has 0 atom stereocenters.